The molecule has 0 spiro atoms. The predicted octanol–water partition coefficient (Wildman–Crippen LogP) is 4.19. The van der Waals surface area contributed by atoms with Gasteiger partial charge in [0.1, 0.15) is 0 Å². The molecular formula is C23H27N5O2S2. The molecule has 0 radical (unpaired) electrons. The number of anilines is 2. The standard InChI is InChI=1S/C23H27N5O2S2/c1-23(2,3)27-14-12-16(15-27)21-20(19-7-5-6-13-24-19)25-22(31)28(21)18-10-8-17(9-11-18)26-32(4,29)30/h5-15,20-21,26H,1-4H3,(H,25,31)/t20-,21+/m0/s1. The van der Waals surface area contributed by atoms with Crippen LogP contribution >= 0.6 is 12.2 Å². The van der Waals surface area contributed by atoms with E-state index in [2.05, 4.69) is 63.7 Å². The molecule has 0 unspecified atom stereocenters. The molecule has 1 saturated heterocycles. The maximum absolute atomic E-state index is 11.6. The molecule has 32 heavy (non-hydrogen) atoms. The Kier molecular flexibility index (Phi) is 5.72. The highest BCUT2D eigenvalue weighted by atomic mass is 32.2. The number of nitrogens with one attached hydrogen (secondary N) is 2. The molecule has 168 valence electrons. The van der Waals surface area contributed by atoms with E-state index in [4.69, 9.17) is 12.2 Å². The van der Waals surface area contributed by atoms with Crippen molar-refractivity contribution >= 4 is 38.7 Å². The Balaban J connectivity index is 1.76. The van der Waals surface area contributed by atoms with Crippen molar-refractivity contribution in [1.82, 2.24) is 14.9 Å². The van der Waals surface area contributed by atoms with E-state index in [0.29, 0.717) is 10.8 Å². The number of benzene rings is 1. The molecule has 0 saturated carbocycles. The van der Waals surface area contributed by atoms with Gasteiger partial charge in [0.15, 0.2) is 5.11 Å². The second-order valence-corrected chi connectivity index (χ2v) is 11.1. The Morgan fingerprint density at radius 3 is 2.38 bits per heavy atom. The SMILES string of the molecule is CC(C)(C)n1ccc([C@@H]2[C@H](c3ccccn3)NC(=S)N2c2ccc(NS(C)(=O)=O)cc2)c1. The zero-order chi connectivity index (χ0) is 23.1. The van der Waals surface area contributed by atoms with E-state index < -0.39 is 10.0 Å². The highest BCUT2D eigenvalue weighted by Gasteiger charge is 2.41. The van der Waals surface area contributed by atoms with Crippen LogP contribution in [0.5, 0.6) is 0 Å². The maximum Gasteiger partial charge on any atom is 0.229 e. The zero-order valence-electron chi connectivity index (χ0n) is 18.5. The van der Waals surface area contributed by atoms with Crippen LogP contribution < -0.4 is 14.9 Å². The summed E-state index contributed by atoms with van der Waals surface area (Å²) in [6, 6.07) is 15.0. The number of nitrogens with zero attached hydrogens (tertiary/aromatic N) is 3. The molecule has 2 atom stereocenters. The van der Waals surface area contributed by atoms with Crippen LogP contribution in [0.4, 0.5) is 11.4 Å². The number of hydrogen-bond acceptors (Lipinski definition) is 4. The predicted molar refractivity (Wildman–Crippen MR) is 132 cm³/mol. The fraction of sp³-hybridized carbons (Fsp3) is 0.304. The van der Waals surface area contributed by atoms with Crippen LogP contribution in [0.3, 0.4) is 0 Å². The third kappa shape index (κ3) is 4.63. The van der Waals surface area contributed by atoms with Crippen LogP contribution in [-0.4, -0.2) is 29.3 Å². The van der Waals surface area contributed by atoms with Gasteiger partial charge < -0.3 is 14.8 Å². The number of sulfonamides is 1. The van der Waals surface area contributed by atoms with Gasteiger partial charge in [-0.1, -0.05) is 6.07 Å². The summed E-state index contributed by atoms with van der Waals surface area (Å²) in [6.07, 6.45) is 7.16. The van der Waals surface area contributed by atoms with Crippen molar-refractivity contribution in [2.75, 3.05) is 15.9 Å². The highest BCUT2D eigenvalue weighted by Crippen LogP contribution is 2.42. The van der Waals surface area contributed by atoms with Crippen LogP contribution in [0.1, 0.15) is 44.1 Å². The summed E-state index contributed by atoms with van der Waals surface area (Å²) in [5, 5.41) is 4.04. The Morgan fingerprint density at radius 1 is 1.09 bits per heavy atom. The summed E-state index contributed by atoms with van der Waals surface area (Å²) < 4.78 is 27.8. The first-order valence-electron chi connectivity index (χ1n) is 10.3. The molecule has 0 amide bonds. The summed E-state index contributed by atoms with van der Waals surface area (Å²) in [7, 11) is -3.34. The average molecular weight is 470 g/mol. The quantitative estimate of drug-likeness (QED) is 0.546. The molecule has 1 aromatic carbocycles. The fourth-order valence-corrected chi connectivity index (χ4v) is 4.79. The first kappa shape index (κ1) is 22.3. The lowest BCUT2D eigenvalue weighted by atomic mass is 9.98. The lowest BCUT2D eigenvalue weighted by molar-refractivity contribution is 0.397. The second-order valence-electron chi connectivity index (χ2n) is 8.94. The summed E-state index contributed by atoms with van der Waals surface area (Å²) in [5.41, 5.74) is 3.34. The molecule has 0 bridgehead atoms. The van der Waals surface area contributed by atoms with Crippen LogP contribution in [0.15, 0.2) is 67.1 Å². The van der Waals surface area contributed by atoms with Crippen molar-refractivity contribution in [3.05, 3.63) is 78.4 Å². The van der Waals surface area contributed by atoms with E-state index in [1.807, 2.05) is 30.3 Å². The molecule has 2 aromatic heterocycles. The van der Waals surface area contributed by atoms with Gasteiger partial charge in [-0.25, -0.2) is 8.42 Å². The van der Waals surface area contributed by atoms with Crippen molar-refractivity contribution < 1.29 is 8.42 Å². The highest BCUT2D eigenvalue weighted by molar-refractivity contribution is 7.92. The lowest BCUT2D eigenvalue weighted by Gasteiger charge is -2.28. The summed E-state index contributed by atoms with van der Waals surface area (Å²) in [4.78, 5) is 6.65. The molecule has 4 rings (SSSR count). The van der Waals surface area contributed by atoms with E-state index in [1.54, 1.807) is 18.3 Å². The van der Waals surface area contributed by atoms with E-state index in [1.165, 1.54) is 0 Å². The van der Waals surface area contributed by atoms with Gasteiger partial charge in [-0.3, -0.25) is 9.71 Å². The Labute approximate surface area is 194 Å². The van der Waals surface area contributed by atoms with E-state index >= 15 is 0 Å². The number of aromatic nitrogens is 2. The lowest BCUT2D eigenvalue weighted by Crippen LogP contribution is -2.29. The van der Waals surface area contributed by atoms with Gasteiger partial charge in [0.05, 0.1) is 24.0 Å². The van der Waals surface area contributed by atoms with Crippen molar-refractivity contribution in [2.24, 2.45) is 0 Å². The van der Waals surface area contributed by atoms with Crippen LogP contribution in [0.25, 0.3) is 0 Å². The largest absolute Gasteiger partial charge is 0.351 e. The van der Waals surface area contributed by atoms with Gasteiger partial charge in [0, 0.05) is 35.5 Å². The number of hydrogen-bond donors (Lipinski definition) is 2. The van der Waals surface area contributed by atoms with Crippen LogP contribution in [0, 0.1) is 0 Å². The Morgan fingerprint density at radius 2 is 1.81 bits per heavy atom. The van der Waals surface area contributed by atoms with Gasteiger partial charge in [0.2, 0.25) is 10.0 Å². The Bertz CT molecular complexity index is 1220. The molecule has 3 aromatic rings. The molecule has 1 aliphatic rings. The molecular weight excluding hydrogens is 442 g/mol. The monoisotopic (exact) mass is 469 g/mol. The molecule has 3 heterocycles. The summed E-state index contributed by atoms with van der Waals surface area (Å²) in [6.45, 7) is 6.49. The number of rotatable bonds is 5. The topological polar surface area (TPSA) is 79.3 Å². The Hall–Kier alpha value is -2.91. The maximum atomic E-state index is 11.6. The van der Waals surface area contributed by atoms with Crippen LogP contribution in [0.2, 0.25) is 0 Å². The fourth-order valence-electron chi connectivity index (χ4n) is 3.88. The van der Waals surface area contributed by atoms with Crippen molar-refractivity contribution in [3.63, 3.8) is 0 Å². The molecule has 1 fully saturated rings. The smallest absolute Gasteiger partial charge is 0.229 e. The minimum absolute atomic E-state index is 0.0466. The summed E-state index contributed by atoms with van der Waals surface area (Å²) in [5.74, 6) is 0. The molecule has 7 nitrogen and oxygen atoms in total. The van der Waals surface area contributed by atoms with Gasteiger partial charge >= 0.3 is 0 Å². The first-order valence-corrected chi connectivity index (χ1v) is 12.6. The van der Waals surface area contributed by atoms with E-state index in [0.717, 1.165) is 23.2 Å². The normalized spacial score (nSPS) is 19.1. The molecule has 1 aliphatic heterocycles. The van der Waals surface area contributed by atoms with Gasteiger partial charge in [-0.2, -0.15) is 0 Å². The zero-order valence-corrected chi connectivity index (χ0v) is 20.1. The van der Waals surface area contributed by atoms with E-state index in [9.17, 15) is 8.42 Å². The first-order chi connectivity index (χ1) is 15.0. The van der Waals surface area contributed by atoms with Gasteiger partial charge in [-0.05, 0) is 81.0 Å². The third-order valence-corrected chi connectivity index (χ3v) is 6.30. The minimum atomic E-state index is -3.34. The second kappa shape index (κ2) is 8.22. The third-order valence-electron chi connectivity index (χ3n) is 5.38. The van der Waals surface area contributed by atoms with E-state index in [-0.39, 0.29) is 17.6 Å². The molecule has 2 N–H and O–H groups in total. The summed E-state index contributed by atoms with van der Waals surface area (Å²) >= 11 is 5.75. The number of pyridine rings is 1. The van der Waals surface area contributed by atoms with Crippen molar-refractivity contribution in [2.45, 2.75) is 38.4 Å². The minimum Gasteiger partial charge on any atom is -0.351 e. The van der Waals surface area contributed by atoms with Crippen molar-refractivity contribution in [1.29, 1.82) is 0 Å². The number of thiocarbonyl (C=S) groups is 1. The van der Waals surface area contributed by atoms with Gasteiger partial charge in [-0.15, -0.1) is 0 Å². The average Bonchev–Trinajstić information content (AvgIpc) is 3.33. The molecule has 0 aliphatic carbocycles. The molecule has 9 heteroatoms. The van der Waals surface area contributed by atoms with Crippen molar-refractivity contribution in [3.8, 4) is 0 Å². The van der Waals surface area contributed by atoms with Crippen LogP contribution in [-0.2, 0) is 15.6 Å². The van der Waals surface area contributed by atoms with Gasteiger partial charge in [0.25, 0.3) is 0 Å².